The highest BCUT2D eigenvalue weighted by Gasteiger charge is 2.26. The Morgan fingerprint density at radius 3 is 2.38 bits per heavy atom. The Bertz CT molecular complexity index is 596. The van der Waals surface area contributed by atoms with Gasteiger partial charge in [-0.15, -0.1) is 0 Å². The Balaban J connectivity index is 1.49. The third-order valence-electron chi connectivity index (χ3n) is 4.73. The SMILES string of the molecule is O=C(CN1CCN(C(=O)c2ccncc2Cl)CC1)N1CCCCC1. The van der Waals surface area contributed by atoms with E-state index in [4.69, 9.17) is 11.6 Å². The van der Waals surface area contributed by atoms with Gasteiger partial charge in [0.05, 0.1) is 17.1 Å². The zero-order valence-corrected chi connectivity index (χ0v) is 14.5. The highest BCUT2D eigenvalue weighted by atomic mass is 35.5. The van der Waals surface area contributed by atoms with Crippen molar-refractivity contribution in [2.75, 3.05) is 45.8 Å². The summed E-state index contributed by atoms with van der Waals surface area (Å²) in [6, 6.07) is 1.65. The number of carbonyl (C=O) groups excluding carboxylic acids is 2. The highest BCUT2D eigenvalue weighted by molar-refractivity contribution is 6.33. The second-order valence-corrected chi connectivity index (χ2v) is 6.77. The normalized spacial score (nSPS) is 19.4. The smallest absolute Gasteiger partial charge is 0.255 e. The fourth-order valence-corrected chi connectivity index (χ4v) is 3.46. The molecule has 24 heavy (non-hydrogen) atoms. The molecule has 0 bridgehead atoms. The van der Waals surface area contributed by atoms with E-state index in [1.165, 1.54) is 12.6 Å². The Labute approximate surface area is 147 Å². The summed E-state index contributed by atoms with van der Waals surface area (Å²) in [5.74, 6) is 0.149. The summed E-state index contributed by atoms with van der Waals surface area (Å²) in [6.45, 7) is 4.89. The topological polar surface area (TPSA) is 56.8 Å². The largest absolute Gasteiger partial charge is 0.342 e. The van der Waals surface area contributed by atoms with E-state index in [1.807, 2.05) is 4.90 Å². The van der Waals surface area contributed by atoms with Gasteiger partial charge in [-0.2, -0.15) is 0 Å². The van der Waals surface area contributed by atoms with E-state index in [2.05, 4.69) is 9.88 Å². The molecule has 2 amide bonds. The van der Waals surface area contributed by atoms with Gasteiger partial charge in [0, 0.05) is 51.7 Å². The number of pyridine rings is 1. The summed E-state index contributed by atoms with van der Waals surface area (Å²) in [4.78, 5) is 34.7. The molecule has 2 saturated heterocycles. The van der Waals surface area contributed by atoms with Gasteiger partial charge in [0.1, 0.15) is 0 Å². The van der Waals surface area contributed by atoms with Gasteiger partial charge in [-0.3, -0.25) is 19.5 Å². The van der Waals surface area contributed by atoms with Crippen molar-refractivity contribution >= 4 is 23.4 Å². The van der Waals surface area contributed by atoms with Crippen LogP contribution in [0.1, 0.15) is 29.6 Å². The lowest BCUT2D eigenvalue weighted by Gasteiger charge is -2.36. The average molecular weight is 351 g/mol. The number of piperidine rings is 1. The summed E-state index contributed by atoms with van der Waals surface area (Å²) in [7, 11) is 0. The van der Waals surface area contributed by atoms with Crippen molar-refractivity contribution in [2.24, 2.45) is 0 Å². The van der Waals surface area contributed by atoms with Crippen LogP contribution in [0, 0.1) is 0 Å². The monoisotopic (exact) mass is 350 g/mol. The van der Waals surface area contributed by atoms with Gasteiger partial charge in [-0.05, 0) is 25.3 Å². The average Bonchev–Trinajstić information content (AvgIpc) is 2.63. The quantitative estimate of drug-likeness (QED) is 0.829. The number of nitrogens with zero attached hydrogens (tertiary/aromatic N) is 4. The number of hydrogen-bond donors (Lipinski definition) is 0. The van der Waals surface area contributed by atoms with Gasteiger partial charge in [0.25, 0.3) is 5.91 Å². The summed E-state index contributed by atoms with van der Waals surface area (Å²) in [5.41, 5.74) is 0.490. The van der Waals surface area contributed by atoms with E-state index >= 15 is 0 Å². The van der Waals surface area contributed by atoms with E-state index in [0.29, 0.717) is 43.3 Å². The Morgan fingerprint density at radius 2 is 1.71 bits per heavy atom. The molecule has 3 rings (SSSR count). The molecule has 0 unspecified atom stereocenters. The molecule has 7 heteroatoms. The second-order valence-electron chi connectivity index (χ2n) is 6.37. The van der Waals surface area contributed by atoms with Crippen molar-refractivity contribution in [2.45, 2.75) is 19.3 Å². The maximum atomic E-state index is 12.5. The molecular formula is C17H23ClN4O2. The maximum absolute atomic E-state index is 12.5. The number of rotatable bonds is 3. The number of piperazine rings is 1. The van der Waals surface area contributed by atoms with E-state index < -0.39 is 0 Å². The minimum absolute atomic E-state index is 0.0654. The lowest BCUT2D eigenvalue weighted by molar-refractivity contribution is -0.133. The summed E-state index contributed by atoms with van der Waals surface area (Å²) < 4.78 is 0. The number of halogens is 1. The van der Waals surface area contributed by atoms with Crippen molar-refractivity contribution < 1.29 is 9.59 Å². The van der Waals surface area contributed by atoms with E-state index in [1.54, 1.807) is 17.2 Å². The fraction of sp³-hybridized carbons (Fsp3) is 0.588. The summed E-state index contributed by atoms with van der Waals surface area (Å²) in [5, 5.41) is 0.380. The molecule has 2 fully saturated rings. The van der Waals surface area contributed by atoms with Gasteiger partial charge in [0.2, 0.25) is 5.91 Å². The predicted molar refractivity (Wildman–Crippen MR) is 92.0 cm³/mol. The minimum Gasteiger partial charge on any atom is -0.342 e. The number of likely N-dealkylation sites (tertiary alicyclic amines) is 1. The molecule has 0 atom stereocenters. The molecule has 0 aliphatic carbocycles. The zero-order valence-electron chi connectivity index (χ0n) is 13.8. The van der Waals surface area contributed by atoms with Crippen LogP contribution in [0.5, 0.6) is 0 Å². The fourth-order valence-electron chi connectivity index (χ4n) is 3.26. The van der Waals surface area contributed by atoms with Crippen LogP contribution >= 0.6 is 11.6 Å². The van der Waals surface area contributed by atoms with E-state index in [0.717, 1.165) is 25.9 Å². The Morgan fingerprint density at radius 1 is 1.00 bits per heavy atom. The molecule has 2 aliphatic rings. The van der Waals surface area contributed by atoms with Crippen LogP contribution in [0.15, 0.2) is 18.5 Å². The minimum atomic E-state index is -0.0654. The molecule has 130 valence electrons. The van der Waals surface area contributed by atoms with Crippen LogP contribution < -0.4 is 0 Å². The van der Waals surface area contributed by atoms with Crippen LogP contribution in [-0.4, -0.2) is 77.3 Å². The van der Waals surface area contributed by atoms with Crippen molar-refractivity contribution in [1.29, 1.82) is 0 Å². The standard InChI is InChI=1S/C17H23ClN4O2/c18-15-12-19-5-4-14(15)17(24)22-10-8-20(9-11-22)13-16(23)21-6-2-1-3-7-21/h4-5,12H,1-3,6-11,13H2. The first-order valence-corrected chi connectivity index (χ1v) is 8.92. The van der Waals surface area contributed by atoms with Crippen molar-refractivity contribution in [1.82, 2.24) is 19.7 Å². The van der Waals surface area contributed by atoms with Crippen LogP contribution in [0.4, 0.5) is 0 Å². The Hall–Kier alpha value is -1.66. The van der Waals surface area contributed by atoms with Crippen molar-refractivity contribution in [3.8, 4) is 0 Å². The third kappa shape index (κ3) is 4.05. The maximum Gasteiger partial charge on any atom is 0.255 e. The molecule has 0 aromatic carbocycles. The lowest BCUT2D eigenvalue weighted by atomic mass is 10.1. The first kappa shape index (κ1) is 17.2. The molecule has 0 saturated carbocycles. The first-order chi connectivity index (χ1) is 11.6. The molecule has 6 nitrogen and oxygen atoms in total. The molecule has 2 aliphatic heterocycles. The Kier molecular flexibility index (Phi) is 5.68. The van der Waals surface area contributed by atoms with Crippen LogP contribution in [0.3, 0.4) is 0 Å². The van der Waals surface area contributed by atoms with E-state index in [9.17, 15) is 9.59 Å². The van der Waals surface area contributed by atoms with Crippen LogP contribution in [0.25, 0.3) is 0 Å². The molecule has 3 heterocycles. The molecule has 1 aromatic rings. The van der Waals surface area contributed by atoms with Gasteiger partial charge >= 0.3 is 0 Å². The van der Waals surface area contributed by atoms with Gasteiger partial charge < -0.3 is 9.80 Å². The molecular weight excluding hydrogens is 328 g/mol. The second kappa shape index (κ2) is 7.94. The highest BCUT2D eigenvalue weighted by Crippen LogP contribution is 2.17. The van der Waals surface area contributed by atoms with Crippen LogP contribution in [-0.2, 0) is 4.79 Å². The number of hydrogen-bond acceptors (Lipinski definition) is 4. The number of aromatic nitrogens is 1. The summed E-state index contributed by atoms with van der Waals surface area (Å²) >= 11 is 6.05. The predicted octanol–water partition coefficient (Wildman–Crippen LogP) is 1.51. The number of carbonyl (C=O) groups is 2. The molecule has 1 aromatic heterocycles. The molecule has 0 N–H and O–H groups in total. The van der Waals surface area contributed by atoms with Gasteiger partial charge in [-0.1, -0.05) is 11.6 Å². The zero-order chi connectivity index (χ0) is 16.9. The van der Waals surface area contributed by atoms with Crippen molar-refractivity contribution in [3.05, 3.63) is 29.0 Å². The molecule has 0 radical (unpaired) electrons. The third-order valence-corrected chi connectivity index (χ3v) is 5.03. The molecule has 0 spiro atoms. The lowest BCUT2D eigenvalue weighted by Crippen LogP contribution is -2.52. The van der Waals surface area contributed by atoms with Crippen LogP contribution in [0.2, 0.25) is 5.02 Å². The van der Waals surface area contributed by atoms with Crippen molar-refractivity contribution in [3.63, 3.8) is 0 Å². The van der Waals surface area contributed by atoms with Gasteiger partial charge in [-0.25, -0.2) is 0 Å². The first-order valence-electron chi connectivity index (χ1n) is 8.54. The van der Waals surface area contributed by atoms with E-state index in [-0.39, 0.29) is 11.8 Å². The number of amides is 2. The van der Waals surface area contributed by atoms with Gasteiger partial charge in [0.15, 0.2) is 0 Å². The summed E-state index contributed by atoms with van der Waals surface area (Å²) in [6.07, 6.45) is 6.51.